The predicted octanol–water partition coefficient (Wildman–Crippen LogP) is 4.59. The van der Waals surface area contributed by atoms with Crippen LogP contribution in [0.3, 0.4) is 0 Å². The van der Waals surface area contributed by atoms with Crippen molar-refractivity contribution >= 4 is 23.3 Å². The summed E-state index contributed by atoms with van der Waals surface area (Å²) in [5.74, 6) is 0.978. The van der Waals surface area contributed by atoms with E-state index in [0.29, 0.717) is 25.3 Å². The molecular formula is C28H41N3O4. The van der Waals surface area contributed by atoms with Crippen LogP contribution in [0.15, 0.2) is 34.8 Å². The van der Waals surface area contributed by atoms with Gasteiger partial charge in [-0.1, -0.05) is 46.3 Å². The summed E-state index contributed by atoms with van der Waals surface area (Å²) in [6, 6.07) is 4.63. The first kappa shape index (κ1) is 26.9. The number of amides is 1. The number of Topliss-reactive ketones (excluding diaryl/α,β-unsaturated/α-hetero) is 1. The molecule has 0 saturated carbocycles. The van der Waals surface area contributed by atoms with Gasteiger partial charge in [-0.15, -0.1) is 0 Å². The zero-order valence-corrected chi connectivity index (χ0v) is 22.3. The fraction of sp³-hybridized carbons (Fsp3) is 0.607. The highest BCUT2D eigenvalue weighted by Gasteiger charge is 2.49. The van der Waals surface area contributed by atoms with Crippen molar-refractivity contribution in [2.45, 2.75) is 85.4 Å². The molecule has 0 aromatic heterocycles. The average Bonchev–Trinajstić information content (AvgIpc) is 3.08. The summed E-state index contributed by atoms with van der Waals surface area (Å²) in [5.41, 5.74) is 8.97. The van der Waals surface area contributed by atoms with Crippen LogP contribution < -0.4 is 10.5 Å². The van der Waals surface area contributed by atoms with E-state index in [1.165, 1.54) is 0 Å². The summed E-state index contributed by atoms with van der Waals surface area (Å²) in [6.45, 7) is 12.2. The van der Waals surface area contributed by atoms with Crippen LogP contribution in [0.5, 0.6) is 5.75 Å². The van der Waals surface area contributed by atoms with Crippen LogP contribution in [-0.2, 0) is 20.7 Å². The quantitative estimate of drug-likeness (QED) is 0.612. The second kappa shape index (κ2) is 10.9. The molecule has 7 heteroatoms. The van der Waals surface area contributed by atoms with E-state index >= 15 is 0 Å². The lowest BCUT2D eigenvalue weighted by Crippen LogP contribution is -2.54. The van der Waals surface area contributed by atoms with E-state index in [-0.39, 0.29) is 23.7 Å². The normalized spacial score (nSPS) is 23.1. The highest BCUT2D eigenvalue weighted by atomic mass is 16.5. The van der Waals surface area contributed by atoms with Crippen molar-refractivity contribution in [1.82, 2.24) is 4.90 Å². The zero-order valence-electron chi connectivity index (χ0n) is 22.3. The molecule has 2 aliphatic rings. The van der Waals surface area contributed by atoms with Crippen molar-refractivity contribution in [1.29, 1.82) is 0 Å². The fourth-order valence-electron chi connectivity index (χ4n) is 4.92. The molecule has 1 amide bonds. The lowest BCUT2D eigenvalue weighted by atomic mass is 9.85. The first-order valence-corrected chi connectivity index (χ1v) is 12.7. The van der Waals surface area contributed by atoms with E-state index in [1.807, 2.05) is 58.9 Å². The number of fused-ring (bicyclic) bond motifs is 1. The van der Waals surface area contributed by atoms with Crippen LogP contribution in [0.25, 0.3) is 0 Å². The van der Waals surface area contributed by atoms with E-state index in [2.05, 4.69) is 6.92 Å². The van der Waals surface area contributed by atoms with Gasteiger partial charge in [0.2, 0.25) is 11.8 Å². The lowest BCUT2D eigenvalue weighted by molar-refractivity contribution is -0.141. The average molecular weight is 484 g/mol. The number of rotatable bonds is 7. The topological polar surface area (TPSA) is 94.2 Å². The zero-order chi connectivity index (χ0) is 25.9. The molecule has 0 aliphatic carbocycles. The molecule has 7 nitrogen and oxygen atoms in total. The van der Waals surface area contributed by atoms with Crippen LogP contribution in [0, 0.1) is 11.3 Å². The van der Waals surface area contributed by atoms with Crippen molar-refractivity contribution in [3.63, 3.8) is 0 Å². The fourth-order valence-corrected chi connectivity index (χ4v) is 4.92. The molecule has 1 saturated heterocycles. The van der Waals surface area contributed by atoms with Gasteiger partial charge in [0.1, 0.15) is 11.9 Å². The van der Waals surface area contributed by atoms with E-state index in [4.69, 9.17) is 20.2 Å². The van der Waals surface area contributed by atoms with Crippen LogP contribution in [0.2, 0.25) is 0 Å². The van der Waals surface area contributed by atoms with Crippen LogP contribution in [0.1, 0.15) is 66.4 Å². The van der Waals surface area contributed by atoms with Gasteiger partial charge >= 0.3 is 0 Å². The molecule has 4 unspecified atom stereocenters. The monoisotopic (exact) mass is 483 g/mol. The third-order valence-corrected chi connectivity index (χ3v) is 7.01. The maximum atomic E-state index is 13.5. The van der Waals surface area contributed by atoms with Gasteiger partial charge in [0, 0.05) is 18.4 Å². The van der Waals surface area contributed by atoms with Crippen LogP contribution in [-0.4, -0.2) is 54.3 Å². The second-order valence-electron chi connectivity index (χ2n) is 10.8. The number of allylic oxidation sites excluding steroid dienone is 1. The van der Waals surface area contributed by atoms with Crippen LogP contribution in [0.4, 0.5) is 5.69 Å². The van der Waals surface area contributed by atoms with Gasteiger partial charge in [0.05, 0.1) is 31.4 Å². The Kier molecular flexibility index (Phi) is 8.42. The van der Waals surface area contributed by atoms with Gasteiger partial charge in [-0.2, -0.15) is 0 Å². The van der Waals surface area contributed by atoms with Crippen molar-refractivity contribution in [2.75, 3.05) is 13.7 Å². The SMILES string of the molecule is CCCC(=O)C1C(CC)C(OC2=Nc3cc(OC)ccc3CC(C)=C2)CN1C(=O)C(N)C(C)(C)C. The molecular weight excluding hydrogens is 442 g/mol. The van der Waals surface area contributed by atoms with Gasteiger partial charge in [0.15, 0.2) is 5.78 Å². The van der Waals surface area contributed by atoms with E-state index in [1.54, 1.807) is 12.0 Å². The third-order valence-electron chi connectivity index (χ3n) is 7.01. The van der Waals surface area contributed by atoms with E-state index in [0.717, 1.165) is 35.4 Å². The summed E-state index contributed by atoms with van der Waals surface area (Å²) in [6.07, 6.45) is 4.23. The minimum Gasteiger partial charge on any atom is -0.497 e. The molecule has 35 heavy (non-hydrogen) atoms. The molecule has 1 fully saturated rings. The maximum Gasteiger partial charge on any atom is 0.240 e. The largest absolute Gasteiger partial charge is 0.497 e. The number of hydrogen-bond acceptors (Lipinski definition) is 6. The highest BCUT2D eigenvalue weighted by Crippen LogP contribution is 2.35. The number of hydrogen-bond donors (Lipinski definition) is 1. The summed E-state index contributed by atoms with van der Waals surface area (Å²) in [4.78, 5) is 33.2. The van der Waals surface area contributed by atoms with Crippen molar-refractivity contribution in [3.05, 3.63) is 35.4 Å². The maximum absolute atomic E-state index is 13.5. The number of carbonyl (C=O) groups excluding carboxylic acids is 2. The molecule has 1 aromatic rings. The number of methoxy groups -OCH3 is 1. The first-order valence-electron chi connectivity index (χ1n) is 12.7. The number of ether oxygens (including phenoxy) is 2. The number of likely N-dealkylation sites (tertiary alicyclic amines) is 1. The molecule has 192 valence electrons. The molecule has 0 bridgehead atoms. The number of nitrogens with two attached hydrogens (primary N) is 1. The van der Waals surface area contributed by atoms with Crippen molar-refractivity contribution in [2.24, 2.45) is 22.1 Å². The Labute approximate surface area is 209 Å². The molecule has 4 atom stereocenters. The number of benzene rings is 1. The van der Waals surface area contributed by atoms with Gasteiger partial charge in [-0.05, 0) is 49.3 Å². The summed E-state index contributed by atoms with van der Waals surface area (Å²) < 4.78 is 11.9. The lowest BCUT2D eigenvalue weighted by Gasteiger charge is -2.33. The third kappa shape index (κ3) is 5.95. The minimum atomic E-state index is -0.701. The molecule has 3 rings (SSSR count). The molecule has 0 radical (unpaired) electrons. The predicted molar refractivity (Wildman–Crippen MR) is 139 cm³/mol. The standard InChI is InChI=1S/C28H41N3O4/c1-8-10-22(32)25-20(9-2)23(16-31(25)27(33)26(29)28(4,5)6)35-24-14-17(3)13-18-11-12-19(34-7)15-21(18)30-24/h11-12,14-15,20,23,25-26H,8-10,13,16,29H2,1-7H3. The van der Waals surface area contributed by atoms with Crippen molar-refractivity contribution < 1.29 is 19.1 Å². The summed E-state index contributed by atoms with van der Waals surface area (Å²) >= 11 is 0. The van der Waals surface area contributed by atoms with Gasteiger partial charge < -0.3 is 20.1 Å². The number of nitrogens with zero attached hydrogens (tertiary/aromatic N) is 2. The molecule has 2 heterocycles. The molecule has 2 aliphatic heterocycles. The minimum absolute atomic E-state index is 0.0736. The highest BCUT2D eigenvalue weighted by molar-refractivity contribution is 5.94. The number of aliphatic imine (C=N–C) groups is 1. The Morgan fingerprint density at radius 1 is 1.26 bits per heavy atom. The molecule has 1 aromatic carbocycles. The number of ketones is 1. The van der Waals surface area contributed by atoms with Gasteiger partial charge in [0.25, 0.3) is 0 Å². The van der Waals surface area contributed by atoms with Crippen LogP contribution >= 0.6 is 0 Å². The Morgan fingerprint density at radius 2 is 1.97 bits per heavy atom. The Bertz CT molecular complexity index is 1010. The Balaban J connectivity index is 1.95. The summed E-state index contributed by atoms with van der Waals surface area (Å²) in [5, 5.41) is 0. The summed E-state index contributed by atoms with van der Waals surface area (Å²) in [7, 11) is 1.63. The number of carbonyl (C=O) groups is 2. The van der Waals surface area contributed by atoms with E-state index in [9.17, 15) is 9.59 Å². The molecule has 0 spiro atoms. The van der Waals surface area contributed by atoms with Crippen molar-refractivity contribution in [3.8, 4) is 5.75 Å². The second-order valence-corrected chi connectivity index (χ2v) is 10.8. The van der Waals surface area contributed by atoms with Gasteiger partial charge in [-0.25, -0.2) is 4.99 Å². The Morgan fingerprint density at radius 3 is 2.57 bits per heavy atom. The van der Waals surface area contributed by atoms with E-state index < -0.39 is 17.5 Å². The molecule has 2 N–H and O–H groups in total. The smallest absolute Gasteiger partial charge is 0.240 e. The van der Waals surface area contributed by atoms with Gasteiger partial charge in [-0.3, -0.25) is 9.59 Å². The first-order chi connectivity index (χ1) is 16.5. The Hall–Kier alpha value is -2.67.